The molecule has 0 aromatic carbocycles. The molecule has 20 heavy (non-hydrogen) atoms. The summed E-state index contributed by atoms with van der Waals surface area (Å²) in [7, 11) is 0. The summed E-state index contributed by atoms with van der Waals surface area (Å²) in [5.74, 6) is 2.10. The average Bonchev–Trinajstić information content (AvgIpc) is 2.99. The highest BCUT2D eigenvalue weighted by Gasteiger charge is 2.17. The van der Waals surface area contributed by atoms with E-state index in [-0.39, 0.29) is 5.28 Å². The van der Waals surface area contributed by atoms with Crippen LogP contribution in [0.1, 0.15) is 44.9 Å². The van der Waals surface area contributed by atoms with Crippen LogP contribution in [0.2, 0.25) is 5.28 Å². The Hall–Kier alpha value is -1.10. The maximum Gasteiger partial charge on any atom is 0.231 e. The van der Waals surface area contributed by atoms with E-state index in [1.54, 1.807) is 0 Å². The third-order valence-electron chi connectivity index (χ3n) is 4.26. The molecule has 0 unspecified atom stereocenters. The molecule has 0 amide bonds. The summed E-state index contributed by atoms with van der Waals surface area (Å²) in [6.45, 7) is 2.98. The molecule has 1 aliphatic heterocycles. The Morgan fingerprint density at radius 1 is 1.00 bits per heavy atom. The highest BCUT2D eigenvalue weighted by molar-refractivity contribution is 6.28. The standard InChI is InChI=1S/C14H22ClN5/c15-12-17-13(16-10-11-6-2-3-7-11)19-14(18-12)20-8-4-1-5-9-20/h11H,1-10H2,(H,16,17,18,19). The lowest BCUT2D eigenvalue weighted by molar-refractivity contribution is 0.565. The Balaban J connectivity index is 1.65. The van der Waals surface area contributed by atoms with Crippen LogP contribution in [0.5, 0.6) is 0 Å². The van der Waals surface area contributed by atoms with Crippen molar-refractivity contribution in [1.82, 2.24) is 15.0 Å². The minimum absolute atomic E-state index is 0.287. The van der Waals surface area contributed by atoms with E-state index in [0.717, 1.165) is 31.5 Å². The fourth-order valence-electron chi connectivity index (χ4n) is 3.10. The third kappa shape index (κ3) is 3.51. The Labute approximate surface area is 125 Å². The molecule has 1 saturated carbocycles. The lowest BCUT2D eigenvalue weighted by atomic mass is 10.1. The fourth-order valence-corrected chi connectivity index (χ4v) is 3.26. The highest BCUT2D eigenvalue weighted by Crippen LogP contribution is 2.25. The molecule has 1 N–H and O–H groups in total. The number of nitrogens with zero attached hydrogens (tertiary/aromatic N) is 4. The van der Waals surface area contributed by atoms with E-state index in [2.05, 4.69) is 25.2 Å². The van der Waals surface area contributed by atoms with E-state index in [0.29, 0.717) is 5.95 Å². The lowest BCUT2D eigenvalue weighted by Gasteiger charge is -2.26. The summed E-state index contributed by atoms with van der Waals surface area (Å²) in [5.41, 5.74) is 0. The number of aromatic nitrogens is 3. The number of anilines is 2. The Kier molecular flexibility index (Phi) is 4.55. The second-order valence-electron chi connectivity index (χ2n) is 5.81. The van der Waals surface area contributed by atoms with Crippen molar-refractivity contribution in [3.8, 4) is 0 Å². The van der Waals surface area contributed by atoms with Crippen LogP contribution in [0, 0.1) is 5.92 Å². The molecule has 6 heteroatoms. The van der Waals surface area contributed by atoms with Gasteiger partial charge in [0.25, 0.3) is 0 Å². The molecule has 1 aliphatic carbocycles. The van der Waals surface area contributed by atoms with Gasteiger partial charge >= 0.3 is 0 Å². The Morgan fingerprint density at radius 3 is 2.50 bits per heavy atom. The van der Waals surface area contributed by atoms with Gasteiger partial charge in [0.2, 0.25) is 17.2 Å². The summed E-state index contributed by atoms with van der Waals surface area (Å²) in [6, 6.07) is 0. The molecular weight excluding hydrogens is 274 g/mol. The molecule has 2 heterocycles. The van der Waals surface area contributed by atoms with Crippen molar-refractivity contribution in [3.05, 3.63) is 5.28 Å². The van der Waals surface area contributed by atoms with Crippen molar-refractivity contribution in [2.75, 3.05) is 29.9 Å². The van der Waals surface area contributed by atoms with Gasteiger partial charge in [0, 0.05) is 19.6 Å². The normalized spacial score (nSPS) is 20.4. The molecule has 0 atom stereocenters. The van der Waals surface area contributed by atoms with Gasteiger partial charge in [0.15, 0.2) is 0 Å². The number of rotatable bonds is 4. The number of halogens is 1. The minimum atomic E-state index is 0.287. The quantitative estimate of drug-likeness (QED) is 0.925. The van der Waals surface area contributed by atoms with E-state index < -0.39 is 0 Å². The van der Waals surface area contributed by atoms with E-state index >= 15 is 0 Å². The zero-order valence-corrected chi connectivity index (χ0v) is 12.6. The zero-order chi connectivity index (χ0) is 13.8. The zero-order valence-electron chi connectivity index (χ0n) is 11.8. The maximum absolute atomic E-state index is 6.04. The molecule has 1 saturated heterocycles. The summed E-state index contributed by atoms with van der Waals surface area (Å²) in [4.78, 5) is 15.2. The largest absolute Gasteiger partial charge is 0.354 e. The van der Waals surface area contributed by atoms with Gasteiger partial charge in [-0.3, -0.25) is 0 Å². The average molecular weight is 296 g/mol. The van der Waals surface area contributed by atoms with Crippen LogP contribution in [-0.4, -0.2) is 34.6 Å². The first-order valence-electron chi connectivity index (χ1n) is 7.71. The first kappa shape index (κ1) is 13.9. The Morgan fingerprint density at radius 2 is 1.75 bits per heavy atom. The second-order valence-corrected chi connectivity index (χ2v) is 6.15. The van der Waals surface area contributed by atoms with Gasteiger partial charge < -0.3 is 10.2 Å². The van der Waals surface area contributed by atoms with Crippen molar-refractivity contribution < 1.29 is 0 Å². The highest BCUT2D eigenvalue weighted by atomic mass is 35.5. The van der Waals surface area contributed by atoms with Gasteiger partial charge in [-0.25, -0.2) is 0 Å². The molecule has 110 valence electrons. The van der Waals surface area contributed by atoms with Crippen LogP contribution >= 0.6 is 11.6 Å². The second kappa shape index (κ2) is 6.57. The van der Waals surface area contributed by atoms with Crippen LogP contribution < -0.4 is 10.2 Å². The molecule has 0 radical (unpaired) electrons. The number of piperidine rings is 1. The number of hydrogen-bond acceptors (Lipinski definition) is 5. The molecule has 1 aromatic rings. The van der Waals surface area contributed by atoms with E-state index in [4.69, 9.17) is 11.6 Å². The van der Waals surface area contributed by atoms with Crippen LogP contribution in [0.25, 0.3) is 0 Å². The number of hydrogen-bond donors (Lipinski definition) is 1. The van der Waals surface area contributed by atoms with Gasteiger partial charge in [-0.1, -0.05) is 12.8 Å². The predicted octanol–water partition coefficient (Wildman–Crippen LogP) is 3.12. The summed E-state index contributed by atoms with van der Waals surface area (Å²) < 4.78 is 0. The molecule has 5 nitrogen and oxygen atoms in total. The van der Waals surface area contributed by atoms with Crippen LogP contribution in [-0.2, 0) is 0 Å². The van der Waals surface area contributed by atoms with Gasteiger partial charge in [0.05, 0.1) is 0 Å². The topological polar surface area (TPSA) is 53.9 Å². The van der Waals surface area contributed by atoms with Gasteiger partial charge in [-0.05, 0) is 49.6 Å². The van der Waals surface area contributed by atoms with Crippen molar-refractivity contribution in [2.45, 2.75) is 44.9 Å². The number of nitrogens with one attached hydrogen (secondary N) is 1. The third-order valence-corrected chi connectivity index (χ3v) is 4.43. The summed E-state index contributed by atoms with van der Waals surface area (Å²) in [5, 5.41) is 3.62. The first-order valence-corrected chi connectivity index (χ1v) is 8.09. The molecular formula is C14H22ClN5. The fraction of sp³-hybridized carbons (Fsp3) is 0.786. The summed E-state index contributed by atoms with van der Waals surface area (Å²) in [6.07, 6.45) is 9.02. The molecule has 3 rings (SSSR count). The van der Waals surface area contributed by atoms with Crippen LogP contribution in [0.15, 0.2) is 0 Å². The van der Waals surface area contributed by atoms with Crippen molar-refractivity contribution in [3.63, 3.8) is 0 Å². The van der Waals surface area contributed by atoms with Gasteiger partial charge in [-0.2, -0.15) is 15.0 Å². The van der Waals surface area contributed by atoms with E-state index in [9.17, 15) is 0 Å². The molecule has 0 bridgehead atoms. The Bertz CT molecular complexity index is 441. The predicted molar refractivity (Wildman–Crippen MR) is 81.3 cm³/mol. The minimum Gasteiger partial charge on any atom is -0.354 e. The smallest absolute Gasteiger partial charge is 0.231 e. The van der Waals surface area contributed by atoms with Crippen molar-refractivity contribution in [2.24, 2.45) is 5.92 Å². The first-order chi connectivity index (χ1) is 9.81. The monoisotopic (exact) mass is 295 g/mol. The van der Waals surface area contributed by atoms with E-state index in [1.165, 1.54) is 44.9 Å². The van der Waals surface area contributed by atoms with Crippen molar-refractivity contribution in [1.29, 1.82) is 0 Å². The lowest BCUT2D eigenvalue weighted by Crippen LogP contribution is -2.31. The molecule has 1 aromatic heterocycles. The molecule has 0 spiro atoms. The SMILES string of the molecule is Clc1nc(NCC2CCCC2)nc(N2CCCCC2)n1. The van der Waals surface area contributed by atoms with Crippen LogP contribution in [0.4, 0.5) is 11.9 Å². The van der Waals surface area contributed by atoms with E-state index in [1.807, 2.05) is 0 Å². The molecule has 2 aliphatic rings. The van der Waals surface area contributed by atoms with Crippen molar-refractivity contribution >= 4 is 23.5 Å². The van der Waals surface area contributed by atoms with Gasteiger partial charge in [0.1, 0.15) is 0 Å². The molecule has 2 fully saturated rings. The van der Waals surface area contributed by atoms with Gasteiger partial charge in [-0.15, -0.1) is 0 Å². The maximum atomic E-state index is 6.04. The van der Waals surface area contributed by atoms with Crippen LogP contribution in [0.3, 0.4) is 0 Å². The summed E-state index contributed by atoms with van der Waals surface area (Å²) >= 11 is 6.04.